The summed E-state index contributed by atoms with van der Waals surface area (Å²) >= 11 is 41.1. The van der Waals surface area contributed by atoms with Crippen molar-refractivity contribution in [2.45, 2.75) is 81.4 Å². The third-order valence-corrected chi connectivity index (χ3v) is 27.4. The van der Waals surface area contributed by atoms with E-state index < -0.39 is 16.7 Å². The van der Waals surface area contributed by atoms with Gasteiger partial charge < -0.3 is 48.7 Å². The molecular formula is C109H102BBrCl6N14NaO7. The van der Waals surface area contributed by atoms with Crippen molar-refractivity contribution in [1.82, 2.24) is 63.8 Å². The maximum atomic E-state index is 13.6. The molecule has 4 aliphatic rings. The summed E-state index contributed by atoms with van der Waals surface area (Å²) in [4.78, 5) is 60.5. The summed E-state index contributed by atoms with van der Waals surface area (Å²) in [6, 6.07) is 73.6. The summed E-state index contributed by atoms with van der Waals surface area (Å²) in [5.41, 5.74) is 14.2. The first-order valence-electron chi connectivity index (χ1n) is 44.7. The van der Waals surface area contributed by atoms with Crippen molar-refractivity contribution in [2.75, 3.05) is 33.8 Å². The van der Waals surface area contributed by atoms with Crippen LogP contribution in [-0.4, -0.2) is 112 Å². The smallest absolute Gasteiger partial charge is 1.00 e. The second-order valence-corrected chi connectivity index (χ2v) is 37.1. The molecule has 0 bridgehead atoms. The Morgan fingerprint density at radius 3 is 1.37 bits per heavy atom. The average Bonchev–Trinajstić information content (AvgIpc) is 1.63. The molecule has 16 aromatic rings. The third-order valence-electron chi connectivity index (χ3n) is 25.1. The zero-order valence-electron chi connectivity index (χ0n) is 79.2. The maximum Gasteiger partial charge on any atom is 1.00 e. The number of ether oxygens (including phenoxy) is 4. The largest absolute Gasteiger partial charge is 1.00 e. The van der Waals surface area contributed by atoms with Crippen LogP contribution in [0.3, 0.4) is 0 Å². The molecule has 3 aliphatic carbocycles. The van der Waals surface area contributed by atoms with Gasteiger partial charge in [-0.25, -0.2) is 34.9 Å². The first-order valence-corrected chi connectivity index (χ1v) is 48.1. The number of alkyl halides is 1. The molecule has 4 N–H and O–H groups in total. The number of rotatable bonds is 25. The van der Waals surface area contributed by atoms with E-state index in [9.17, 15) is 14.7 Å². The van der Waals surface area contributed by atoms with Crippen LogP contribution >= 0.6 is 85.5 Å². The zero-order chi connectivity index (χ0) is 96.1. The minimum absolute atomic E-state index is 0. The number of benzene rings is 8. The van der Waals surface area contributed by atoms with E-state index in [1.54, 1.807) is 101 Å². The molecule has 0 amide bonds. The van der Waals surface area contributed by atoms with Crippen molar-refractivity contribution in [1.29, 1.82) is 0 Å². The van der Waals surface area contributed by atoms with Crippen molar-refractivity contribution in [3.8, 4) is 39.5 Å². The first kappa shape index (κ1) is 103. The molecule has 1 aliphatic heterocycles. The molecule has 9 heterocycles. The van der Waals surface area contributed by atoms with Crippen LogP contribution in [0.2, 0.25) is 30.5 Å². The van der Waals surface area contributed by atoms with Crippen molar-refractivity contribution in [3.63, 3.8) is 0 Å². The fraction of sp³-hybridized carbons (Fsp3) is 0.220. The minimum Gasteiger partial charge on any atom is -1.00 e. The van der Waals surface area contributed by atoms with Gasteiger partial charge in [-0.15, -0.1) is 0 Å². The van der Waals surface area contributed by atoms with Crippen LogP contribution in [0.4, 0.5) is 0 Å². The van der Waals surface area contributed by atoms with Crippen molar-refractivity contribution < 1.29 is 55.0 Å². The molecule has 20 rings (SSSR count). The number of methoxy groups -OCH3 is 4. The number of aliphatic hydroxyl groups is 1. The molecule has 5 atom stereocenters. The number of pyridine rings is 5. The summed E-state index contributed by atoms with van der Waals surface area (Å²) in [5, 5.41) is 26.1. The molecule has 3 radical (unpaired) electrons. The summed E-state index contributed by atoms with van der Waals surface area (Å²) in [6.07, 6.45) is 30.0. The molecule has 21 nitrogen and oxygen atoms in total. The van der Waals surface area contributed by atoms with E-state index in [1.807, 2.05) is 235 Å². The van der Waals surface area contributed by atoms with Gasteiger partial charge in [0, 0.05) is 145 Å². The van der Waals surface area contributed by atoms with Gasteiger partial charge in [-0.1, -0.05) is 214 Å². The molecule has 0 spiro atoms. The van der Waals surface area contributed by atoms with Gasteiger partial charge in [-0.2, -0.15) is 0 Å². The normalized spacial score (nSPS) is 15.3. The number of H-pyrrole nitrogens is 1. The molecule has 8 aromatic carbocycles. The minimum atomic E-state index is -1.50. The van der Waals surface area contributed by atoms with Crippen LogP contribution in [0.15, 0.2) is 331 Å². The van der Waals surface area contributed by atoms with Gasteiger partial charge in [0.25, 0.3) is 5.56 Å². The fourth-order valence-electron chi connectivity index (χ4n) is 17.4. The maximum absolute atomic E-state index is 13.6. The van der Waals surface area contributed by atoms with Crippen molar-refractivity contribution in [3.05, 3.63) is 435 Å². The first-order chi connectivity index (χ1) is 66.4. The Hall–Kier alpha value is -11.5. The van der Waals surface area contributed by atoms with Gasteiger partial charge in [0.2, 0.25) is 11.5 Å². The Labute approximate surface area is 871 Å². The molecular weight excluding hydrogens is 1940 g/mol. The fourth-order valence-corrected chi connectivity index (χ4v) is 19.0. The Bertz CT molecular complexity index is 7210. The number of nitrogens with zero attached hydrogens (tertiary/aromatic N) is 11. The topological polar surface area (TPSA) is 241 Å². The number of dihydropyridines is 1. The van der Waals surface area contributed by atoms with Gasteiger partial charge in [0.15, 0.2) is 5.60 Å². The zero-order valence-corrected chi connectivity index (χ0v) is 86.3. The van der Waals surface area contributed by atoms with Crippen molar-refractivity contribution in [2.24, 2.45) is 43.9 Å². The van der Waals surface area contributed by atoms with Gasteiger partial charge >= 0.3 is 29.6 Å². The summed E-state index contributed by atoms with van der Waals surface area (Å²) in [7, 11) is 12.4. The average molecular weight is 2050 g/mol. The third kappa shape index (κ3) is 23.7. The number of halogens is 7. The number of hydrogen-bond acceptors (Lipinski definition) is 16. The predicted molar refractivity (Wildman–Crippen MR) is 560 cm³/mol. The van der Waals surface area contributed by atoms with Gasteiger partial charge in [-0.05, 0) is 226 Å². The van der Waals surface area contributed by atoms with Crippen LogP contribution < -0.4 is 65.5 Å². The van der Waals surface area contributed by atoms with E-state index in [4.69, 9.17) is 93.5 Å². The Balaban J connectivity index is 0.000000163. The summed E-state index contributed by atoms with van der Waals surface area (Å²) in [6.45, 7) is 3.89. The van der Waals surface area contributed by atoms with E-state index in [-0.39, 0.29) is 62.5 Å². The molecule has 703 valence electrons. The number of fused-ring (bicyclic) bond motifs is 3. The molecule has 2 fully saturated rings. The predicted octanol–water partition coefficient (Wildman–Crippen LogP) is 20.1. The van der Waals surface area contributed by atoms with Gasteiger partial charge in [0.05, 0.1) is 94.7 Å². The monoisotopic (exact) mass is 2040 g/mol. The van der Waals surface area contributed by atoms with E-state index in [0.717, 1.165) is 137 Å². The van der Waals surface area contributed by atoms with Crippen LogP contribution in [0, 0.1) is 17.8 Å². The van der Waals surface area contributed by atoms with Crippen LogP contribution in [0.5, 0.6) is 17.2 Å². The second-order valence-electron chi connectivity index (χ2n) is 34.0. The molecule has 0 saturated heterocycles. The quantitative estimate of drug-likeness (QED) is 0.0236. The number of aromatic amines is 1. The van der Waals surface area contributed by atoms with E-state index in [0.29, 0.717) is 84.3 Å². The van der Waals surface area contributed by atoms with Gasteiger partial charge in [0.1, 0.15) is 43.8 Å². The Morgan fingerprint density at radius 1 is 0.496 bits per heavy atom. The molecule has 8 aromatic heterocycles. The standard InChI is InChI=1S/C37H33Cl2N5O2.C33H27Cl2N5O2.C26H22Cl2N4O2.C9H12O.C4H7Br.B.Na.H/c1-43-23-40-21-34(43)37(28-11-15-35(39)41-20-28,42-19-24-8-12-30(46-2)13-9-24)27-10-14-33-32(17-27)31(26-4-3-5-29(38)16-26)18-36(45)44(33)22-25-6-7-25;1-40-20-36-19-30(40)33(24-9-13-31(35)37-18-24,38-17-21-6-10-26(42-2)11-7-21)23-8-12-29-28(15-23)27(16-32(41)39-29)22-4-3-5-25(34)14-22;1-32-15-29-14-23(32)26(33,18-7-9-24(28)30-13-18)17-6-8-22-21(11-17)20(12-25(31-22)34-2)16-4-3-5-19(27)10-16;1-3-8-4-6-9(10-2)7-5-8;5-3-4-1-2-4;;;/h3-5,8-18,20-21,23,25,42H,6-7,19,22H2,1-2H3;3-16,18-20,38H,17H2,1-2H3,(H,39,41);3-15,21-22,33H,1-2H3;4-7H,3H2,1-2H3;4H,1-3H2;;;/q;;;;;;+1;-1. The Kier molecular flexibility index (Phi) is 34.8. The molecule has 139 heavy (non-hydrogen) atoms. The van der Waals surface area contributed by atoms with Crippen LogP contribution in [0.25, 0.3) is 49.6 Å². The van der Waals surface area contributed by atoms with E-state index in [1.165, 1.54) is 23.7 Å². The van der Waals surface area contributed by atoms with E-state index >= 15 is 0 Å². The number of hydrogen-bond donors (Lipinski definition) is 4. The molecule has 5 unspecified atom stereocenters. The second kappa shape index (κ2) is 46.7. The molecule has 30 heteroatoms. The number of aromatic nitrogens is 11. The Morgan fingerprint density at radius 2 is 0.942 bits per heavy atom. The van der Waals surface area contributed by atoms with Gasteiger partial charge in [-0.3, -0.25) is 20.2 Å². The summed E-state index contributed by atoms with van der Waals surface area (Å²) in [5.74, 6) is 4.49. The van der Waals surface area contributed by atoms with E-state index in [2.05, 4.69) is 111 Å². The number of aryl methyl sites for hydroxylation is 4. The molecule has 2 saturated carbocycles. The van der Waals surface area contributed by atoms with Crippen LogP contribution in [0.1, 0.15) is 101 Å². The van der Waals surface area contributed by atoms with Crippen molar-refractivity contribution >= 4 is 127 Å². The number of aliphatic imine (C=N–C) groups is 1. The SMILES string of the molecule is BrCC1CC1.CCc1ccc(OC)cc1.COC1=NC2C=CC(C(O)(c3ccc(Cl)nc3)c3cncn3C)=CC2C(c2cccc(Cl)c2)=C1.COc1ccc(CNC(c2ccc(Cl)nc2)(c2ccc3[nH]c(=O)cc(-c4cccc(Cl)c4)c3c2)c2cncn2C)cc1.COc1ccc(CNC(c2ccc(Cl)nc2)(c2ccc3c(c2)c(-c2cccc(Cl)c2)cc(=O)n3CC2CC2)c2cncn2C)cc1.[B].[H-].[Na+]. The van der Waals surface area contributed by atoms with Crippen LogP contribution in [-0.2, 0) is 68.6 Å². The summed E-state index contributed by atoms with van der Waals surface area (Å²) < 4.78 is 29.0. The number of imidazole rings is 3. The number of nitrogens with one attached hydrogen (secondary N) is 3.